The third-order valence-electron chi connectivity index (χ3n) is 3.38. The van der Waals surface area contributed by atoms with E-state index < -0.39 is 0 Å². The second kappa shape index (κ2) is 3.29. The van der Waals surface area contributed by atoms with Crippen molar-refractivity contribution in [2.24, 2.45) is 0 Å². The van der Waals surface area contributed by atoms with Crippen LogP contribution in [0.25, 0.3) is 10.9 Å². The van der Waals surface area contributed by atoms with Crippen LogP contribution in [0.2, 0.25) is 0 Å². The van der Waals surface area contributed by atoms with Gasteiger partial charge in [-0.1, -0.05) is 11.6 Å². The molecule has 0 N–H and O–H groups in total. The number of nitrogens with zero attached hydrogens (tertiary/aromatic N) is 1. The van der Waals surface area contributed by atoms with Gasteiger partial charge in [-0.2, -0.15) is 0 Å². The summed E-state index contributed by atoms with van der Waals surface area (Å²) >= 11 is 0. The molecule has 0 radical (unpaired) electrons. The van der Waals surface area contributed by atoms with Crippen molar-refractivity contribution in [1.29, 1.82) is 0 Å². The van der Waals surface area contributed by atoms with Gasteiger partial charge in [0.1, 0.15) is 0 Å². The fourth-order valence-corrected chi connectivity index (χ4v) is 2.54. The third-order valence-corrected chi connectivity index (χ3v) is 3.38. The van der Waals surface area contributed by atoms with E-state index in [4.69, 9.17) is 9.72 Å². The van der Waals surface area contributed by atoms with Crippen LogP contribution in [-0.2, 0) is 18.0 Å². The van der Waals surface area contributed by atoms with Gasteiger partial charge >= 0.3 is 0 Å². The molecule has 0 spiro atoms. The Morgan fingerprint density at radius 3 is 2.75 bits per heavy atom. The Hall–Kier alpha value is -1.41. The molecule has 0 aliphatic carbocycles. The molecule has 0 amide bonds. The SMILES string of the molecule is Cc1cc(C)c2nc3c(c(C)c2c1)COC3. The normalized spacial score (nSPS) is 14.4. The van der Waals surface area contributed by atoms with Crippen LogP contribution in [0.3, 0.4) is 0 Å². The van der Waals surface area contributed by atoms with Crippen molar-refractivity contribution in [3.8, 4) is 0 Å². The first kappa shape index (κ1) is 9.79. The van der Waals surface area contributed by atoms with Gasteiger partial charge in [-0.3, -0.25) is 0 Å². The maximum atomic E-state index is 5.47. The van der Waals surface area contributed by atoms with Crippen molar-refractivity contribution in [1.82, 2.24) is 4.98 Å². The zero-order valence-electron chi connectivity index (χ0n) is 9.92. The lowest BCUT2D eigenvalue weighted by Gasteiger charge is -2.10. The fraction of sp³-hybridized carbons (Fsp3) is 0.357. The molecule has 2 nitrogen and oxygen atoms in total. The van der Waals surface area contributed by atoms with E-state index >= 15 is 0 Å². The number of hydrogen-bond acceptors (Lipinski definition) is 2. The Balaban J connectivity index is 2.46. The molecule has 0 saturated heterocycles. The Bertz CT molecular complexity index is 587. The molecule has 0 atom stereocenters. The molecule has 0 fully saturated rings. The van der Waals surface area contributed by atoms with Crippen molar-refractivity contribution >= 4 is 10.9 Å². The lowest BCUT2D eigenvalue weighted by molar-refractivity contribution is 0.133. The highest BCUT2D eigenvalue weighted by atomic mass is 16.5. The minimum atomic E-state index is 0.666. The second-order valence-electron chi connectivity index (χ2n) is 4.63. The minimum Gasteiger partial charge on any atom is -0.370 e. The van der Waals surface area contributed by atoms with E-state index in [0.29, 0.717) is 6.61 Å². The highest BCUT2D eigenvalue weighted by Crippen LogP contribution is 2.30. The quantitative estimate of drug-likeness (QED) is 0.670. The summed E-state index contributed by atoms with van der Waals surface area (Å²) in [5, 5.41) is 1.28. The number of hydrogen-bond donors (Lipinski definition) is 0. The van der Waals surface area contributed by atoms with E-state index in [1.54, 1.807) is 0 Å². The van der Waals surface area contributed by atoms with Gasteiger partial charge in [0.25, 0.3) is 0 Å². The number of aryl methyl sites for hydroxylation is 3. The first-order valence-electron chi connectivity index (χ1n) is 5.64. The molecule has 1 aliphatic heterocycles. The molecule has 0 bridgehead atoms. The summed E-state index contributed by atoms with van der Waals surface area (Å²) in [5.74, 6) is 0. The lowest BCUT2D eigenvalue weighted by Crippen LogP contribution is -1.96. The van der Waals surface area contributed by atoms with E-state index in [9.17, 15) is 0 Å². The van der Waals surface area contributed by atoms with Crippen LogP contribution in [-0.4, -0.2) is 4.98 Å². The van der Waals surface area contributed by atoms with Gasteiger partial charge in [0, 0.05) is 10.9 Å². The summed E-state index contributed by atoms with van der Waals surface area (Å²) in [7, 11) is 0. The van der Waals surface area contributed by atoms with Crippen LogP contribution < -0.4 is 0 Å². The molecule has 3 rings (SSSR count). The highest BCUT2D eigenvalue weighted by molar-refractivity contribution is 5.87. The summed E-state index contributed by atoms with van der Waals surface area (Å²) in [6.07, 6.45) is 0. The van der Waals surface area contributed by atoms with E-state index in [-0.39, 0.29) is 0 Å². The molecular formula is C14H15NO. The molecule has 1 aromatic carbocycles. The summed E-state index contributed by atoms with van der Waals surface area (Å²) in [6.45, 7) is 7.83. The number of ether oxygens (including phenoxy) is 1. The largest absolute Gasteiger partial charge is 0.370 e. The smallest absolute Gasteiger partial charge is 0.0896 e. The summed E-state index contributed by atoms with van der Waals surface area (Å²) < 4.78 is 5.47. The van der Waals surface area contributed by atoms with Crippen LogP contribution >= 0.6 is 0 Å². The van der Waals surface area contributed by atoms with Crippen molar-refractivity contribution in [2.75, 3.05) is 0 Å². The number of pyridine rings is 1. The van der Waals surface area contributed by atoms with Gasteiger partial charge in [0.05, 0.1) is 24.4 Å². The monoisotopic (exact) mass is 213 g/mol. The van der Waals surface area contributed by atoms with Crippen LogP contribution in [0.1, 0.15) is 27.9 Å². The third kappa shape index (κ3) is 1.26. The molecule has 2 heterocycles. The Kier molecular flexibility index (Phi) is 2.01. The van der Waals surface area contributed by atoms with Crippen molar-refractivity contribution < 1.29 is 4.74 Å². The molecule has 0 unspecified atom stereocenters. The predicted octanol–water partition coefficient (Wildman–Crippen LogP) is 3.19. The average Bonchev–Trinajstić information content (AvgIpc) is 2.68. The first-order chi connectivity index (χ1) is 7.66. The molecular weight excluding hydrogens is 198 g/mol. The fourth-order valence-electron chi connectivity index (χ4n) is 2.54. The number of benzene rings is 1. The minimum absolute atomic E-state index is 0.666. The van der Waals surface area contributed by atoms with Crippen LogP contribution in [0.5, 0.6) is 0 Å². The molecule has 2 heteroatoms. The summed E-state index contributed by atoms with van der Waals surface area (Å²) in [4.78, 5) is 4.73. The van der Waals surface area contributed by atoms with Gasteiger partial charge in [-0.25, -0.2) is 4.98 Å². The van der Waals surface area contributed by atoms with Gasteiger partial charge < -0.3 is 4.74 Å². The van der Waals surface area contributed by atoms with Gasteiger partial charge in [0.2, 0.25) is 0 Å². The van der Waals surface area contributed by atoms with Crippen molar-refractivity contribution in [3.05, 3.63) is 40.1 Å². The molecule has 1 aromatic heterocycles. The van der Waals surface area contributed by atoms with Crippen LogP contribution in [0.15, 0.2) is 12.1 Å². The Morgan fingerprint density at radius 2 is 1.94 bits per heavy atom. The Morgan fingerprint density at radius 1 is 1.12 bits per heavy atom. The van der Waals surface area contributed by atoms with E-state index in [1.165, 1.54) is 27.6 Å². The Labute approximate surface area is 95.3 Å². The highest BCUT2D eigenvalue weighted by Gasteiger charge is 2.18. The van der Waals surface area contributed by atoms with E-state index in [0.717, 1.165) is 17.8 Å². The summed E-state index contributed by atoms with van der Waals surface area (Å²) in [5.41, 5.74) is 7.44. The number of rotatable bonds is 0. The van der Waals surface area contributed by atoms with Crippen molar-refractivity contribution in [3.63, 3.8) is 0 Å². The van der Waals surface area contributed by atoms with Gasteiger partial charge in [-0.15, -0.1) is 0 Å². The topological polar surface area (TPSA) is 22.1 Å². The number of fused-ring (bicyclic) bond motifs is 2. The molecule has 16 heavy (non-hydrogen) atoms. The molecule has 1 aliphatic rings. The second-order valence-corrected chi connectivity index (χ2v) is 4.63. The molecule has 82 valence electrons. The first-order valence-corrected chi connectivity index (χ1v) is 5.64. The predicted molar refractivity (Wildman–Crippen MR) is 64.4 cm³/mol. The molecule has 2 aromatic rings. The van der Waals surface area contributed by atoms with E-state index in [1.807, 2.05) is 0 Å². The zero-order valence-corrected chi connectivity index (χ0v) is 9.92. The zero-order chi connectivity index (χ0) is 11.3. The van der Waals surface area contributed by atoms with Crippen molar-refractivity contribution in [2.45, 2.75) is 34.0 Å². The average molecular weight is 213 g/mol. The molecule has 0 saturated carbocycles. The van der Waals surface area contributed by atoms with Gasteiger partial charge in [0.15, 0.2) is 0 Å². The maximum Gasteiger partial charge on any atom is 0.0896 e. The van der Waals surface area contributed by atoms with Crippen LogP contribution in [0, 0.1) is 20.8 Å². The summed E-state index contributed by atoms with van der Waals surface area (Å²) in [6, 6.07) is 4.42. The number of aromatic nitrogens is 1. The van der Waals surface area contributed by atoms with Gasteiger partial charge in [-0.05, 0) is 38.0 Å². The maximum absolute atomic E-state index is 5.47. The standard InChI is InChI=1S/C14H15NO/c1-8-4-9(2)14-11(5-8)10(3)12-6-16-7-13(12)15-14/h4-5H,6-7H2,1-3H3. The van der Waals surface area contributed by atoms with E-state index in [2.05, 4.69) is 32.9 Å². The van der Waals surface area contributed by atoms with Crippen LogP contribution in [0.4, 0.5) is 0 Å². The lowest BCUT2D eigenvalue weighted by atomic mass is 9.99.